The van der Waals surface area contributed by atoms with E-state index in [2.05, 4.69) is 18.7 Å². The number of hydrogen-bond acceptors (Lipinski definition) is 3. The molecule has 1 aliphatic heterocycles. The van der Waals surface area contributed by atoms with Gasteiger partial charge in [0.25, 0.3) is 0 Å². The zero-order chi connectivity index (χ0) is 13.2. The Morgan fingerprint density at radius 2 is 1.67 bits per heavy atom. The average Bonchev–Trinajstić information content (AvgIpc) is 2.40. The molecule has 1 fully saturated rings. The molecule has 0 N–H and O–H groups in total. The van der Waals surface area contributed by atoms with Gasteiger partial charge < -0.3 is 4.90 Å². The average molecular weight is 267 g/mol. The van der Waals surface area contributed by atoms with Crippen LogP contribution in [0.1, 0.15) is 26.7 Å². The number of likely N-dealkylation sites (tertiary alicyclic amines) is 1. The Hall–Kier alpha value is -0.870. The molecule has 2 rings (SSSR count). The van der Waals surface area contributed by atoms with Gasteiger partial charge in [-0.3, -0.25) is 0 Å². The maximum Gasteiger partial charge on any atom is 0.181 e. The number of sulfone groups is 1. The van der Waals surface area contributed by atoms with Gasteiger partial charge >= 0.3 is 0 Å². The number of nitrogens with zero attached hydrogens (tertiary/aromatic N) is 1. The highest BCUT2D eigenvalue weighted by atomic mass is 32.2. The fourth-order valence-electron chi connectivity index (χ4n) is 2.51. The van der Waals surface area contributed by atoms with Crippen molar-refractivity contribution in [2.24, 2.45) is 0 Å². The van der Waals surface area contributed by atoms with Crippen molar-refractivity contribution in [2.45, 2.75) is 42.9 Å². The maximum absolute atomic E-state index is 12.4. The van der Waals surface area contributed by atoms with Crippen LogP contribution in [0, 0.1) is 0 Å². The molecule has 3 nitrogen and oxygen atoms in total. The zero-order valence-corrected chi connectivity index (χ0v) is 11.9. The lowest BCUT2D eigenvalue weighted by molar-refractivity contribution is 0.186. The minimum absolute atomic E-state index is 0.213. The van der Waals surface area contributed by atoms with Crippen molar-refractivity contribution in [3.05, 3.63) is 30.3 Å². The van der Waals surface area contributed by atoms with E-state index in [4.69, 9.17) is 0 Å². The van der Waals surface area contributed by atoms with E-state index in [1.807, 2.05) is 6.07 Å². The molecule has 0 amide bonds. The van der Waals surface area contributed by atoms with Gasteiger partial charge in [0, 0.05) is 6.04 Å². The van der Waals surface area contributed by atoms with Crippen molar-refractivity contribution in [3.63, 3.8) is 0 Å². The quantitative estimate of drug-likeness (QED) is 0.843. The Bertz CT molecular complexity index is 474. The first kappa shape index (κ1) is 13.6. The Balaban J connectivity index is 2.10. The monoisotopic (exact) mass is 267 g/mol. The SMILES string of the molecule is CC(C)N1CCC(S(=O)(=O)c2ccccc2)CC1. The molecule has 1 aromatic rings. The van der Waals surface area contributed by atoms with Crippen LogP contribution in [0.3, 0.4) is 0 Å². The predicted octanol–water partition coefficient (Wildman–Crippen LogP) is 2.33. The molecule has 0 radical (unpaired) electrons. The Morgan fingerprint density at radius 1 is 1.11 bits per heavy atom. The summed E-state index contributed by atoms with van der Waals surface area (Å²) in [4.78, 5) is 2.81. The van der Waals surface area contributed by atoms with Gasteiger partial charge in [0.05, 0.1) is 10.1 Å². The van der Waals surface area contributed by atoms with E-state index in [0.29, 0.717) is 10.9 Å². The molecular weight excluding hydrogens is 246 g/mol. The Labute approximate surface area is 110 Å². The normalized spacial score (nSPS) is 19.3. The molecule has 0 atom stereocenters. The molecule has 100 valence electrons. The highest BCUT2D eigenvalue weighted by Gasteiger charge is 2.31. The second-order valence-corrected chi connectivity index (χ2v) is 7.42. The van der Waals surface area contributed by atoms with Crippen LogP contribution in [-0.4, -0.2) is 37.7 Å². The predicted molar refractivity (Wildman–Crippen MR) is 73.4 cm³/mol. The lowest BCUT2D eigenvalue weighted by Crippen LogP contribution is -2.42. The highest BCUT2D eigenvalue weighted by molar-refractivity contribution is 7.92. The fraction of sp³-hybridized carbons (Fsp3) is 0.571. The summed E-state index contributed by atoms with van der Waals surface area (Å²) >= 11 is 0. The standard InChI is InChI=1S/C14H21NO2S/c1-12(2)15-10-8-14(9-11-15)18(16,17)13-6-4-3-5-7-13/h3-7,12,14H,8-11H2,1-2H3. The van der Waals surface area contributed by atoms with Crippen LogP contribution < -0.4 is 0 Å². The van der Waals surface area contributed by atoms with Gasteiger partial charge in [-0.1, -0.05) is 18.2 Å². The summed E-state index contributed by atoms with van der Waals surface area (Å²) in [6.07, 6.45) is 1.49. The molecule has 0 spiro atoms. The minimum Gasteiger partial charge on any atom is -0.301 e. The topological polar surface area (TPSA) is 37.4 Å². The molecule has 1 saturated heterocycles. The molecule has 18 heavy (non-hydrogen) atoms. The molecule has 1 heterocycles. The van der Waals surface area contributed by atoms with E-state index in [1.54, 1.807) is 24.3 Å². The van der Waals surface area contributed by atoms with Gasteiger partial charge in [-0.2, -0.15) is 0 Å². The summed E-state index contributed by atoms with van der Waals surface area (Å²) in [5, 5.41) is -0.213. The van der Waals surface area contributed by atoms with Crippen molar-refractivity contribution in [1.29, 1.82) is 0 Å². The Kier molecular flexibility index (Phi) is 4.07. The van der Waals surface area contributed by atoms with Crippen molar-refractivity contribution in [3.8, 4) is 0 Å². The van der Waals surface area contributed by atoms with E-state index in [1.165, 1.54) is 0 Å². The van der Waals surface area contributed by atoms with Crippen LogP contribution in [0.4, 0.5) is 0 Å². The summed E-state index contributed by atoms with van der Waals surface area (Å²) in [6, 6.07) is 9.33. The second kappa shape index (κ2) is 5.41. The molecule has 1 aromatic carbocycles. The maximum atomic E-state index is 12.4. The van der Waals surface area contributed by atoms with Crippen molar-refractivity contribution in [2.75, 3.05) is 13.1 Å². The minimum atomic E-state index is -3.14. The third-order valence-corrected chi connectivity index (χ3v) is 6.00. The highest BCUT2D eigenvalue weighted by Crippen LogP contribution is 2.25. The first-order valence-electron chi connectivity index (χ1n) is 6.55. The number of piperidine rings is 1. The molecule has 0 bridgehead atoms. The molecule has 0 aliphatic carbocycles. The van der Waals surface area contributed by atoms with Gasteiger partial charge in [0.1, 0.15) is 0 Å². The summed E-state index contributed by atoms with van der Waals surface area (Å²) < 4.78 is 24.9. The smallest absolute Gasteiger partial charge is 0.181 e. The molecule has 0 unspecified atom stereocenters. The van der Waals surface area contributed by atoms with E-state index < -0.39 is 9.84 Å². The third kappa shape index (κ3) is 2.75. The lowest BCUT2D eigenvalue weighted by Gasteiger charge is -2.34. The summed E-state index contributed by atoms with van der Waals surface area (Å²) in [5.74, 6) is 0. The summed E-state index contributed by atoms with van der Waals surface area (Å²) in [5.41, 5.74) is 0. The van der Waals surface area contributed by atoms with Gasteiger partial charge in [0.2, 0.25) is 0 Å². The first-order chi connectivity index (χ1) is 8.51. The van der Waals surface area contributed by atoms with E-state index in [9.17, 15) is 8.42 Å². The fourth-order valence-corrected chi connectivity index (χ4v) is 4.26. The van der Waals surface area contributed by atoms with Crippen molar-refractivity contribution < 1.29 is 8.42 Å². The zero-order valence-electron chi connectivity index (χ0n) is 11.0. The summed E-state index contributed by atoms with van der Waals surface area (Å²) in [6.45, 7) is 6.08. The molecule has 4 heteroatoms. The van der Waals surface area contributed by atoms with Gasteiger partial charge in [-0.25, -0.2) is 8.42 Å². The number of hydrogen-bond donors (Lipinski definition) is 0. The van der Waals surface area contributed by atoms with E-state index >= 15 is 0 Å². The number of benzene rings is 1. The van der Waals surface area contributed by atoms with Gasteiger partial charge in [-0.05, 0) is 51.9 Å². The second-order valence-electron chi connectivity index (χ2n) is 5.19. The van der Waals surface area contributed by atoms with Crippen LogP contribution >= 0.6 is 0 Å². The number of rotatable bonds is 3. The van der Waals surface area contributed by atoms with Crippen LogP contribution in [0.2, 0.25) is 0 Å². The van der Waals surface area contributed by atoms with Crippen LogP contribution in [0.15, 0.2) is 35.2 Å². The first-order valence-corrected chi connectivity index (χ1v) is 8.09. The molecule has 0 aromatic heterocycles. The summed E-state index contributed by atoms with van der Waals surface area (Å²) in [7, 11) is -3.14. The van der Waals surface area contributed by atoms with Gasteiger partial charge in [-0.15, -0.1) is 0 Å². The third-order valence-electron chi connectivity index (χ3n) is 3.72. The van der Waals surface area contributed by atoms with Crippen molar-refractivity contribution in [1.82, 2.24) is 4.90 Å². The van der Waals surface area contributed by atoms with E-state index in [0.717, 1.165) is 25.9 Å². The van der Waals surface area contributed by atoms with Crippen LogP contribution in [0.5, 0.6) is 0 Å². The lowest BCUT2D eigenvalue weighted by atomic mass is 10.1. The van der Waals surface area contributed by atoms with E-state index in [-0.39, 0.29) is 5.25 Å². The molecular formula is C14H21NO2S. The largest absolute Gasteiger partial charge is 0.301 e. The molecule has 1 aliphatic rings. The van der Waals surface area contributed by atoms with Crippen molar-refractivity contribution >= 4 is 9.84 Å². The molecule has 0 saturated carbocycles. The Morgan fingerprint density at radius 3 is 2.17 bits per heavy atom. The van der Waals surface area contributed by atoms with Crippen LogP contribution in [0.25, 0.3) is 0 Å². The van der Waals surface area contributed by atoms with Crippen LogP contribution in [-0.2, 0) is 9.84 Å². The van der Waals surface area contributed by atoms with Gasteiger partial charge in [0.15, 0.2) is 9.84 Å².